The van der Waals surface area contributed by atoms with Crippen LogP contribution in [0.15, 0.2) is 48.5 Å². The van der Waals surface area contributed by atoms with Crippen molar-refractivity contribution in [2.24, 2.45) is 0 Å². The summed E-state index contributed by atoms with van der Waals surface area (Å²) in [6.45, 7) is 61.0. The van der Waals surface area contributed by atoms with Crippen molar-refractivity contribution in [1.29, 1.82) is 0 Å². The molecule has 0 saturated carbocycles. The van der Waals surface area contributed by atoms with Gasteiger partial charge in [0.25, 0.3) is 0 Å². The minimum absolute atomic E-state index is 0. The molecule has 16 N–H and O–H groups in total. The van der Waals surface area contributed by atoms with Crippen LogP contribution in [0, 0.1) is 83.1 Å². The van der Waals surface area contributed by atoms with E-state index in [9.17, 15) is 57.5 Å². The Labute approximate surface area is 624 Å². The van der Waals surface area contributed by atoms with Crippen molar-refractivity contribution in [1.82, 2.24) is 0 Å². The monoisotopic (exact) mass is 1570 g/mol. The van der Waals surface area contributed by atoms with Gasteiger partial charge in [0, 0.05) is 134 Å². The molecular formula is C60H124N4O16Si8Ti4. The van der Waals surface area contributed by atoms with Gasteiger partial charge in [0.05, 0.1) is 0 Å². The Kier molecular flexibility index (Phi) is 52.8. The third-order valence-corrected chi connectivity index (χ3v) is 32.5. The van der Waals surface area contributed by atoms with E-state index < -0.39 is 68.8 Å². The van der Waals surface area contributed by atoms with Crippen LogP contribution in [0.1, 0.15) is 122 Å². The van der Waals surface area contributed by atoms with Crippen LogP contribution < -0.4 is 16.9 Å². The SMILES string of the molecule is CC(C)O.CC(C)O.CC(C)O.CC(C)O.Cc1cc(C)c(N([Si](C)(C)C)[Si](O)(O)O)c(C)c1.Cc1cc(C)c(N([Si](C)(C)C)[Si](O)(O)O)c(C)c1.Cc1cc(C)c(N([Si](C)(C)C)[Si](O)(O)O)c(C)c1.Cc1cc(C)c(N([Si](C)(C)C)[Si](O)(O)O)c(C)c1.[Ti].[Ti].[Ti].[Ti]. The molecule has 4 aromatic carbocycles. The second-order valence-electron chi connectivity index (χ2n) is 27.8. The van der Waals surface area contributed by atoms with Gasteiger partial charge in [0.15, 0.2) is 0 Å². The van der Waals surface area contributed by atoms with Gasteiger partial charge in [-0.15, -0.1) is 0 Å². The summed E-state index contributed by atoms with van der Waals surface area (Å²) in [5.74, 6) is 0. The van der Waals surface area contributed by atoms with Gasteiger partial charge in [-0.1, -0.05) is 149 Å². The molecule has 0 saturated heterocycles. The standard InChI is InChI=1S/4C12H23NO3Si2.4C3H8O.4Ti/c4*1-9-7-10(2)12(11(3)8-9)13(17(4,5)6)18(14,15)16;4*1-3(2)4;;;;/h4*7-8,14-16H,1-6H3;4*3-4H,1-2H3;;;;. The number of anilines is 4. The fourth-order valence-electron chi connectivity index (χ4n) is 9.84. The van der Waals surface area contributed by atoms with E-state index in [4.69, 9.17) is 20.4 Å². The molecule has 32 heteroatoms. The third-order valence-electron chi connectivity index (χ3n) is 11.3. The average molecular weight is 1570 g/mol. The van der Waals surface area contributed by atoms with E-state index in [0.29, 0.717) is 0 Å². The molecule has 92 heavy (non-hydrogen) atoms. The first-order valence-corrected chi connectivity index (χ1v) is 50.6. The summed E-state index contributed by atoms with van der Waals surface area (Å²) in [6, 6.07) is 16.0. The zero-order valence-corrected chi connectivity index (χ0v) is 76.1. The maximum Gasteiger partial charge on any atom is 0.616 e. The third kappa shape index (κ3) is 43.5. The Balaban J connectivity index is -0.000000155. The van der Waals surface area contributed by atoms with E-state index in [1.807, 2.05) is 210 Å². The van der Waals surface area contributed by atoms with E-state index in [-0.39, 0.29) is 111 Å². The van der Waals surface area contributed by atoms with E-state index >= 15 is 0 Å². The number of hydrogen-bond donors (Lipinski definition) is 16. The first-order chi connectivity index (χ1) is 38.7. The smallest absolute Gasteiger partial charge is 0.394 e. The van der Waals surface area contributed by atoms with Crippen molar-refractivity contribution in [3.63, 3.8) is 0 Å². The van der Waals surface area contributed by atoms with Crippen LogP contribution in [0.5, 0.6) is 0 Å². The van der Waals surface area contributed by atoms with Crippen LogP contribution >= 0.6 is 0 Å². The second-order valence-corrected chi connectivity index (χ2v) is 55.3. The van der Waals surface area contributed by atoms with E-state index in [0.717, 1.165) is 89.5 Å². The Bertz CT molecular complexity index is 2200. The maximum absolute atomic E-state index is 9.80. The Morgan fingerprint density at radius 2 is 0.304 bits per heavy atom. The van der Waals surface area contributed by atoms with Crippen LogP contribution in [0.3, 0.4) is 0 Å². The molecule has 0 aliphatic carbocycles. The van der Waals surface area contributed by atoms with Gasteiger partial charge >= 0.3 is 35.9 Å². The Hall–Kier alpha value is 0.0322. The van der Waals surface area contributed by atoms with Crippen LogP contribution in [0.4, 0.5) is 22.7 Å². The number of aliphatic hydroxyl groups is 4. The Morgan fingerprint density at radius 3 is 0.359 bits per heavy atom. The number of benzene rings is 4. The largest absolute Gasteiger partial charge is 0.616 e. The summed E-state index contributed by atoms with van der Waals surface area (Å²) in [5, 5.41) is 32.2. The molecule has 0 radical (unpaired) electrons. The number of hydrogen-bond acceptors (Lipinski definition) is 20. The second kappa shape index (κ2) is 45.0. The van der Waals surface area contributed by atoms with Crippen molar-refractivity contribution in [2.75, 3.05) is 16.9 Å². The van der Waals surface area contributed by atoms with Gasteiger partial charge in [0.2, 0.25) is 0 Å². The molecule has 0 spiro atoms. The molecule has 0 aliphatic heterocycles. The zero-order valence-electron chi connectivity index (χ0n) is 61.9. The summed E-state index contributed by atoms with van der Waals surface area (Å²) in [5.41, 5.74) is 15.3. The first-order valence-electron chi connectivity index (χ1n) is 29.6. The number of nitrogens with zero attached hydrogens (tertiary/aromatic N) is 4. The predicted molar refractivity (Wildman–Crippen MR) is 385 cm³/mol. The summed E-state index contributed by atoms with van der Waals surface area (Å²) in [7, 11) is -25.8. The van der Waals surface area contributed by atoms with Crippen LogP contribution in [-0.4, -0.2) is 171 Å². The van der Waals surface area contributed by atoms with Gasteiger partial charge in [0.1, 0.15) is 32.9 Å². The van der Waals surface area contributed by atoms with Gasteiger partial charge in [-0.05, 0) is 183 Å². The van der Waals surface area contributed by atoms with Gasteiger partial charge in [-0.3, -0.25) is 0 Å². The molecule has 0 bridgehead atoms. The summed E-state index contributed by atoms with van der Waals surface area (Å²) >= 11 is 0. The molecule has 0 atom stereocenters. The fourth-order valence-corrected chi connectivity index (χ4v) is 30.9. The van der Waals surface area contributed by atoms with E-state index in [2.05, 4.69) is 0 Å². The molecule has 0 aliphatic rings. The summed E-state index contributed by atoms with van der Waals surface area (Å²) in [4.78, 5) is 118. The van der Waals surface area contributed by atoms with Crippen LogP contribution in [0.25, 0.3) is 0 Å². The van der Waals surface area contributed by atoms with Crippen molar-refractivity contribution >= 4 is 91.6 Å². The molecule has 0 unspecified atom stereocenters. The first kappa shape index (κ1) is 108. The van der Waals surface area contributed by atoms with Crippen molar-refractivity contribution < 1.29 is 165 Å². The van der Waals surface area contributed by atoms with Gasteiger partial charge in [-0.25, -0.2) is 0 Å². The topological polar surface area (TPSA) is 337 Å². The zero-order chi connectivity index (χ0) is 71.5. The quantitative estimate of drug-likeness (QED) is 0.0594. The molecule has 20 nitrogen and oxygen atoms in total. The predicted octanol–water partition coefficient (Wildman–Crippen LogP) is 8.20. The molecular weight excluding hydrogens is 1450 g/mol. The molecule has 528 valence electrons. The summed E-state index contributed by atoms with van der Waals surface area (Å²) in [6.07, 6.45) is -0.667. The Morgan fingerprint density at radius 1 is 0.228 bits per heavy atom. The van der Waals surface area contributed by atoms with Crippen molar-refractivity contribution in [3.8, 4) is 0 Å². The average Bonchev–Trinajstić information content (AvgIpc) is 3.19. The molecule has 4 rings (SSSR count). The number of aryl methyl sites for hydroxylation is 12. The minimum atomic E-state index is -4.35. The van der Waals surface area contributed by atoms with Crippen molar-refractivity contribution in [2.45, 2.75) is 241 Å². The van der Waals surface area contributed by atoms with E-state index in [1.165, 1.54) is 16.9 Å². The minimum Gasteiger partial charge on any atom is -0.394 e. The molecule has 0 amide bonds. The summed E-state index contributed by atoms with van der Waals surface area (Å²) < 4.78 is 5.96. The molecule has 0 aromatic heterocycles. The fraction of sp³-hybridized carbons (Fsp3) is 0.600. The van der Waals surface area contributed by atoms with Gasteiger partial charge < -0.3 is 94.9 Å². The molecule has 0 fully saturated rings. The van der Waals surface area contributed by atoms with E-state index in [1.54, 1.807) is 55.4 Å². The van der Waals surface area contributed by atoms with Gasteiger partial charge in [-0.2, -0.15) is 0 Å². The van der Waals surface area contributed by atoms with Crippen molar-refractivity contribution in [3.05, 3.63) is 115 Å². The maximum atomic E-state index is 9.80. The van der Waals surface area contributed by atoms with Crippen LogP contribution in [0.2, 0.25) is 78.6 Å². The van der Waals surface area contributed by atoms with Crippen LogP contribution in [-0.2, 0) is 86.9 Å². The number of rotatable bonds is 12. The molecule has 4 aromatic rings. The molecule has 0 heterocycles. The normalized spacial score (nSPS) is 11.5. The number of aliphatic hydroxyl groups excluding tert-OH is 4.